The lowest BCUT2D eigenvalue weighted by molar-refractivity contribution is 1.31. The molecule has 3 aromatic rings. The van der Waals surface area contributed by atoms with Gasteiger partial charge in [-0.2, -0.15) is 0 Å². The predicted octanol–water partition coefficient (Wildman–Crippen LogP) is 3.22. The van der Waals surface area contributed by atoms with Crippen LogP contribution >= 0.6 is 9.24 Å². The van der Waals surface area contributed by atoms with Crippen molar-refractivity contribution in [1.29, 1.82) is 0 Å². The van der Waals surface area contributed by atoms with Crippen molar-refractivity contribution in [2.45, 2.75) is 6.92 Å². The molecule has 0 amide bonds. The maximum Gasteiger partial charge on any atom is 0.133 e. The Hall–Kier alpha value is -2.91. The van der Waals surface area contributed by atoms with Crippen LogP contribution in [-0.2, 0) is 0 Å². The van der Waals surface area contributed by atoms with Crippen molar-refractivity contribution in [1.82, 2.24) is 4.98 Å². The van der Waals surface area contributed by atoms with E-state index in [2.05, 4.69) is 24.5 Å². The molecule has 3 rings (SSSR count). The number of pyridine rings is 1. The molecule has 0 aliphatic carbocycles. The highest BCUT2D eigenvalue weighted by Gasteiger charge is 2.09. The molecule has 6 heteroatoms. The maximum atomic E-state index is 6.27. The van der Waals surface area contributed by atoms with Crippen LogP contribution in [0.2, 0.25) is 0 Å². The van der Waals surface area contributed by atoms with Crippen LogP contribution in [0.5, 0.6) is 0 Å². The minimum absolute atomic E-state index is 0.400. The Morgan fingerprint density at radius 2 is 1.92 bits per heavy atom. The monoisotopic (exact) mass is 363 g/mol. The number of nitrogens with one attached hydrogen (secondary N) is 1. The number of hydrogen-bond donors (Lipinski definition) is 3. The summed E-state index contributed by atoms with van der Waals surface area (Å²) in [5, 5.41) is 4.22. The van der Waals surface area contributed by atoms with Gasteiger partial charge in [0.2, 0.25) is 0 Å². The number of nitrogens with zero attached hydrogens (tertiary/aromatic N) is 2. The van der Waals surface area contributed by atoms with E-state index in [4.69, 9.17) is 11.5 Å². The van der Waals surface area contributed by atoms with Crippen LogP contribution in [0.4, 0.5) is 17.1 Å². The Morgan fingerprint density at radius 1 is 1.15 bits per heavy atom. The average Bonchev–Trinajstić information content (AvgIpc) is 2.64. The molecule has 0 bridgehead atoms. The van der Waals surface area contributed by atoms with Gasteiger partial charge in [0.25, 0.3) is 0 Å². The molecule has 132 valence electrons. The normalized spacial score (nSPS) is 11.4. The SMILES string of the molecule is CNc1cc(C)c(N)cc1C(N)=Nc1ccnc(-c2ccccc2P)c1. The third-order valence-corrected chi connectivity index (χ3v) is 4.68. The molecule has 1 unspecified atom stereocenters. The van der Waals surface area contributed by atoms with E-state index in [1.54, 1.807) is 6.20 Å². The molecule has 1 heterocycles. The summed E-state index contributed by atoms with van der Waals surface area (Å²) in [6.07, 6.45) is 1.74. The molecule has 26 heavy (non-hydrogen) atoms. The van der Waals surface area contributed by atoms with Gasteiger partial charge in [-0.3, -0.25) is 4.98 Å². The quantitative estimate of drug-likeness (QED) is 0.287. The van der Waals surface area contributed by atoms with Gasteiger partial charge in [0, 0.05) is 35.7 Å². The first-order chi connectivity index (χ1) is 12.5. The van der Waals surface area contributed by atoms with E-state index in [0.717, 1.165) is 39.1 Å². The van der Waals surface area contributed by atoms with E-state index in [-0.39, 0.29) is 0 Å². The van der Waals surface area contributed by atoms with Crippen molar-refractivity contribution in [3.63, 3.8) is 0 Å². The molecule has 0 fully saturated rings. The zero-order valence-corrected chi connectivity index (χ0v) is 16.0. The maximum absolute atomic E-state index is 6.27. The van der Waals surface area contributed by atoms with Gasteiger partial charge < -0.3 is 16.8 Å². The van der Waals surface area contributed by atoms with Crippen LogP contribution in [0.25, 0.3) is 11.3 Å². The zero-order valence-electron chi connectivity index (χ0n) is 14.8. The Morgan fingerprint density at radius 3 is 2.65 bits per heavy atom. The first kappa shape index (κ1) is 17.9. The van der Waals surface area contributed by atoms with E-state index in [9.17, 15) is 0 Å². The second-order valence-electron chi connectivity index (χ2n) is 5.99. The lowest BCUT2D eigenvalue weighted by atomic mass is 10.1. The molecule has 5 nitrogen and oxygen atoms in total. The van der Waals surface area contributed by atoms with E-state index in [1.807, 2.05) is 62.5 Å². The molecule has 0 spiro atoms. The molecule has 0 aliphatic rings. The Labute approximate surface area is 155 Å². The molecular weight excluding hydrogens is 341 g/mol. The summed E-state index contributed by atoms with van der Waals surface area (Å²) in [4.78, 5) is 9.03. The fourth-order valence-electron chi connectivity index (χ4n) is 2.71. The van der Waals surface area contributed by atoms with Gasteiger partial charge in [-0.25, -0.2) is 4.99 Å². The number of amidine groups is 1. The summed E-state index contributed by atoms with van der Waals surface area (Å²) in [6, 6.07) is 15.6. The first-order valence-electron chi connectivity index (χ1n) is 8.23. The summed E-state index contributed by atoms with van der Waals surface area (Å²) in [7, 11) is 4.58. The third kappa shape index (κ3) is 3.68. The largest absolute Gasteiger partial charge is 0.398 e. The summed E-state index contributed by atoms with van der Waals surface area (Å²) >= 11 is 0. The highest BCUT2D eigenvalue weighted by molar-refractivity contribution is 7.28. The number of aryl methyl sites for hydroxylation is 1. The number of benzene rings is 2. The number of hydrogen-bond acceptors (Lipinski definition) is 4. The smallest absolute Gasteiger partial charge is 0.133 e. The van der Waals surface area contributed by atoms with Crippen molar-refractivity contribution in [3.8, 4) is 11.3 Å². The predicted molar refractivity (Wildman–Crippen MR) is 115 cm³/mol. The van der Waals surface area contributed by atoms with Crippen molar-refractivity contribution < 1.29 is 0 Å². The van der Waals surface area contributed by atoms with Crippen LogP contribution in [0.1, 0.15) is 11.1 Å². The lowest BCUT2D eigenvalue weighted by Crippen LogP contribution is -2.16. The van der Waals surface area contributed by atoms with Crippen molar-refractivity contribution in [2.75, 3.05) is 18.1 Å². The summed E-state index contributed by atoms with van der Waals surface area (Å²) < 4.78 is 0. The topological polar surface area (TPSA) is 89.3 Å². The Kier molecular flexibility index (Phi) is 5.19. The van der Waals surface area contributed by atoms with Crippen LogP contribution in [0.3, 0.4) is 0 Å². The fraction of sp³-hybridized carbons (Fsp3) is 0.100. The third-order valence-electron chi connectivity index (χ3n) is 4.18. The highest BCUT2D eigenvalue weighted by atomic mass is 31.0. The summed E-state index contributed by atoms with van der Waals surface area (Å²) in [6.45, 7) is 1.96. The zero-order chi connectivity index (χ0) is 18.7. The molecule has 1 aromatic heterocycles. The van der Waals surface area contributed by atoms with Gasteiger partial charge in [0.05, 0.1) is 11.4 Å². The van der Waals surface area contributed by atoms with E-state index >= 15 is 0 Å². The lowest BCUT2D eigenvalue weighted by Gasteiger charge is -2.12. The second-order valence-corrected chi connectivity index (χ2v) is 6.61. The van der Waals surface area contributed by atoms with Crippen molar-refractivity contribution >= 4 is 37.4 Å². The van der Waals surface area contributed by atoms with Crippen LogP contribution < -0.4 is 22.1 Å². The van der Waals surface area contributed by atoms with Gasteiger partial charge >= 0.3 is 0 Å². The molecule has 0 saturated heterocycles. The summed E-state index contributed by atoms with van der Waals surface area (Å²) in [5.74, 6) is 0.400. The van der Waals surface area contributed by atoms with Crippen molar-refractivity contribution in [3.05, 3.63) is 65.9 Å². The summed E-state index contributed by atoms with van der Waals surface area (Å²) in [5.41, 5.74) is 18.3. The molecular formula is C20H22N5P. The standard InChI is InChI=1S/C20H22N5P/c1-12-9-17(23-2)15(11-16(12)21)20(22)25-13-7-8-24-18(10-13)14-5-3-4-6-19(14)26/h3-11,23H,21,26H2,1-2H3,(H2,22,24,25). The molecule has 5 N–H and O–H groups in total. The number of rotatable bonds is 4. The minimum Gasteiger partial charge on any atom is -0.398 e. The molecule has 0 aliphatic heterocycles. The van der Waals surface area contributed by atoms with Gasteiger partial charge in [-0.1, -0.05) is 24.3 Å². The van der Waals surface area contributed by atoms with E-state index in [1.165, 1.54) is 0 Å². The minimum atomic E-state index is 0.400. The first-order valence-corrected chi connectivity index (χ1v) is 8.80. The van der Waals surface area contributed by atoms with Crippen molar-refractivity contribution in [2.24, 2.45) is 10.7 Å². The van der Waals surface area contributed by atoms with Gasteiger partial charge in [-0.15, -0.1) is 9.24 Å². The Balaban J connectivity index is 2.02. The van der Waals surface area contributed by atoms with Crippen LogP contribution in [-0.4, -0.2) is 17.9 Å². The highest BCUT2D eigenvalue weighted by Crippen LogP contribution is 2.25. The van der Waals surface area contributed by atoms with Crippen LogP contribution in [0, 0.1) is 6.92 Å². The number of anilines is 2. The number of nitrogen functional groups attached to an aromatic ring is 1. The number of aliphatic imine (C=N–C) groups is 1. The molecule has 0 saturated carbocycles. The van der Waals surface area contributed by atoms with E-state index < -0.39 is 0 Å². The molecule has 2 aromatic carbocycles. The number of nitrogens with two attached hydrogens (primary N) is 2. The van der Waals surface area contributed by atoms with Crippen LogP contribution in [0.15, 0.2) is 59.7 Å². The van der Waals surface area contributed by atoms with E-state index in [0.29, 0.717) is 11.5 Å². The number of aromatic nitrogens is 1. The van der Waals surface area contributed by atoms with Gasteiger partial charge in [-0.05, 0) is 42.1 Å². The average molecular weight is 363 g/mol. The molecule has 1 atom stereocenters. The molecule has 0 radical (unpaired) electrons. The van der Waals surface area contributed by atoms with Gasteiger partial charge in [0.1, 0.15) is 5.84 Å². The second kappa shape index (κ2) is 7.54. The Bertz CT molecular complexity index is 982. The fourth-order valence-corrected chi connectivity index (χ4v) is 3.06. The van der Waals surface area contributed by atoms with Gasteiger partial charge in [0.15, 0.2) is 0 Å².